The average molecular weight is 282 g/mol. The van der Waals surface area contributed by atoms with Gasteiger partial charge in [0, 0.05) is 18.0 Å². The lowest BCUT2D eigenvalue weighted by Gasteiger charge is -2.04. The number of nitrogens with zero attached hydrogens (tertiary/aromatic N) is 2. The summed E-state index contributed by atoms with van der Waals surface area (Å²) in [4.78, 5) is 31.5. The molecule has 6 nitrogen and oxygen atoms in total. The van der Waals surface area contributed by atoms with Crippen LogP contribution in [0.2, 0.25) is 0 Å². The first-order valence-corrected chi connectivity index (χ1v) is 6.17. The number of esters is 1. The summed E-state index contributed by atoms with van der Waals surface area (Å²) in [5.41, 5.74) is 1.91. The topological polar surface area (TPSA) is 82.3 Å². The van der Waals surface area contributed by atoms with Crippen LogP contribution in [0.3, 0.4) is 0 Å². The summed E-state index contributed by atoms with van der Waals surface area (Å²) in [6, 6.07) is 7.88. The number of benzene rings is 1. The number of hydrogen-bond donors (Lipinski definition) is 0. The van der Waals surface area contributed by atoms with E-state index in [1.165, 1.54) is 18.8 Å². The molecule has 21 heavy (non-hydrogen) atoms. The highest BCUT2D eigenvalue weighted by molar-refractivity contribution is 5.99. The number of carbonyl (C=O) groups excluding carboxylic acids is 2. The van der Waals surface area contributed by atoms with Crippen molar-refractivity contribution >= 4 is 22.9 Å². The molecular formula is C15H10N2O4. The van der Waals surface area contributed by atoms with Crippen molar-refractivity contribution in [3.63, 3.8) is 0 Å². The molecule has 104 valence electrons. The quantitative estimate of drug-likeness (QED) is 0.539. The van der Waals surface area contributed by atoms with E-state index in [0.717, 1.165) is 0 Å². The van der Waals surface area contributed by atoms with Gasteiger partial charge in [-0.15, -0.1) is 0 Å². The molecule has 0 unspecified atom stereocenters. The second-order valence-electron chi connectivity index (χ2n) is 4.27. The summed E-state index contributed by atoms with van der Waals surface area (Å²) in [6.07, 6.45) is 4.31. The van der Waals surface area contributed by atoms with Crippen LogP contribution in [0, 0.1) is 0 Å². The van der Waals surface area contributed by atoms with Gasteiger partial charge in [-0.05, 0) is 30.3 Å². The number of aromatic nitrogens is 2. The van der Waals surface area contributed by atoms with Gasteiger partial charge < -0.3 is 9.15 Å². The maximum Gasteiger partial charge on any atom is 0.338 e. The Morgan fingerprint density at radius 3 is 2.71 bits per heavy atom. The van der Waals surface area contributed by atoms with Crippen molar-refractivity contribution in [2.45, 2.75) is 0 Å². The summed E-state index contributed by atoms with van der Waals surface area (Å²) in [7, 11) is 0. The molecule has 1 aromatic carbocycles. The number of fused-ring (bicyclic) bond motifs is 1. The number of Topliss-reactive ketones (excluding diaryl/α,β-unsaturated/α-hetero) is 1. The number of ether oxygens (including phenoxy) is 1. The molecule has 6 heteroatoms. The predicted molar refractivity (Wildman–Crippen MR) is 72.9 cm³/mol. The van der Waals surface area contributed by atoms with Crippen LogP contribution in [0.15, 0.2) is 53.5 Å². The Hall–Kier alpha value is -3.02. The van der Waals surface area contributed by atoms with Crippen LogP contribution in [0.4, 0.5) is 0 Å². The van der Waals surface area contributed by atoms with Gasteiger partial charge in [0.05, 0.1) is 5.56 Å². The van der Waals surface area contributed by atoms with E-state index in [4.69, 9.17) is 9.15 Å². The van der Waals surface area contributed by atoms with Crippen LogP contribution in [0.1, 0.15) is 20.7 Å². The van der Waals surface area contributed by atoms with E-state index >= 15 is 0 Å². The molecule has 0 N–H and O–H groups in total. The second kappa shape index (κ2) is 5.54. The Bertz CT molecular complexity index is 796. The van der Waals surface area contributed by atoms with E-state index in [-0.39, 0.29) is 12.4 Å². The van der Waals surface area contributed by atoms with Gasteiger partial charge in [-0.3, -0.25) is 9.78 Å². The van der Waals surface area contributed by atoms with Gasteiger partial charge in [-0.25, -0.2) is 9.78 Å². The smallest absolute Gasteiger partial charge is 0.338 e. The van der Waals surface area contributed by atoms with Gasteiger partial charge in [0.2, 0.25) is 0 Å². The van der Waals surface area contributed by atoms with E-state index in [2.05, 4.69) is 9.97 Å². The normalized spacial score (nSPS) is 10.5. The van der Waals surface area contributed by atoms with Crippen molar-refractivity contribution < 1.29 is 18.7 Å². The Kier molecular flexibility index (Phi) is 3.42. The number of oxazole rings is 1. The maximum atomic E-state index is 11.9. The minimum atomic E-state index is -0.581. The third kappa shape index (κ3) is 2.79. The standard InChI is InChI=1S/C15H10N2O4/c18-13(10-3-5-16-6-4-10)8-20-15(19)11-1-2-14-12(7-11)17-9-21-14/h1-7,9H,8H2. The summed E-state index contributed by atoms with van der Waals surface area (Å²) in [5, 5.41) is 0. The third-order valence-electron chi connectivity index (χ3n) is 2.90. The molecule has 2 aromatic heterocycles. The van der Waals surface area contributed by atoms with Gasteiger partial charge in [-0.1, -0.05) is 0 Å². The van der Waals surface area contributed by atoms with E-state index in [0.29, 0.717) is 22.2 Å². The zero-order valence-corrected chi connectivity index (χ0v) is 10.9. The van der Waals surface area contributed by atoms with Gasteiger partial charge in [0.1, 0.15) is 5.52 Å². The van der Waals surface area contributed by atoms with Gasteiger partial charge in [0.15, 0.2) is 24.4 Å². The zero-order valence-electron chi connectivity index (χ0n) is 10.9. The Morgan fingerprint density at radius 2 is 1.90 bits per heavy atom. The van der Waals surface area contributed by atoms with Crippen LogP contribution in [-0.4, -0.2) is 28.3 Å². The molecule has 0 radical (unpaired) electrons. The number of carbonyl (C=O) groups is 2. The van der Waals surface area contributed by atoms with Crippen molar-refractivity contribution in [3.8, 4) is 0 Å². The first-order valence-electron chi connectivity index (χ1n) is 6.17. The fraction of sp³-hybridized carbons (Fsp3) is 0.0667. The maximum absolute atomic E-state index is 11.9. The molecule has 3 aromatic rings. The SMILES string of the molecule is O=C(COC(=O)c1ccc2ocnc2c1)c1ccncc1. The predicted octanol–water partition coefficient (Wildman–Crippen LogP) is 2.26. The van der Waals surface area contributed by atoms with Crippen molar-refractivity contribution in [2.75, 3.05) is 6.61 Å². The number of pyridine rings is 1. The van der Waals surface area contributed by atoms with E-state index in [1.807, 2.05) is 0 Å². The summed E-state index contributed by atoms with van der Waals surface area (Å²) in [6.45, 7) is -0.320. The lowest BCUT2D eigenvalue weighted by Crippen LogP contribution is -2.14. The minimum Gasteiger partial charge on any atom is -0.454 e. The minimum absolute atomic E-state index is 0.284. The third-order valence-corrected chi connectivity index (χ3v) is 2.90. The monoisotopic (exact) mass is 282 g/mol. The highest BCUT2D eigenvalue weighted by atomic mass is 16.5. The molecule has 0 saturated heterocycles. The molecule has 0 amide bonds. The summed E-state index contributed by atoms with van der Waals surface area (Å²) >= 11 is 0. The first kappa shape index (κ1) is 13.0. The Labute approximate surface area is 119 Å². The van der Waals surface area contributed by atoms with Crippen LogP contribution in [0.5, 0.6) is 0 Å². The van der Waals surface area contributed by atoms with E-state index in [1.54, 1.807) is 30.3 Å². The van der Waals surface area contributed by atoms with Gasteiger partial charge >= 0.3 is 5.97 Å². The van der Waals surface area contributed by atoms with Crippen LogP contribution < -0.4 is 0 Å². The molecular weight excluding hydrogens is 272 g/mol. The summed E-state index contributed by atoms with van der Waals surface area (Å²) in [5.74, 6) is -0.865. The molecule has 0 atom stereocenters. The van der Waals surface area contributed by atoms with Crippen LogP contribution in [0.25, 0.3) is 11.1 Å². The molecule has 0 aliphatic carbocycles. The molecule has 0 fully saturated rings. The van der Waals surface area contributed by atoms with Crippen molar-refractivity contribution in [1.29, 1.82) is 0 Å². The van der Waals surface area contributed by atoms with Crippen LogP contribution >= 0.6 is 0 Å². The van der Waals surface area contributed by atoms with Gasteiger partial charge in [0.25, 0.3) is 0 Å². The molecule has 0 saturated carbocycles. The lowest BCUT2D eigenvalue weighted by molar-refractivity contribution is 0.0475. The van der Waals surface area contributed by atoms with Gasteiger partial charge in [-0.2, -0.15) is 0 Å². The number of hydrogen-bond acceptors (Lipinski definition) is 6. The van der Waals surface area contributed by atoms with Crippen LogP contribution in [-0.2, 0) is 4.74 Å². The zero-order chi connectivity index (χ0) is 14.7. The van der Waals surface area contributed by atoms with E-state index < -0.39 is 5.97 Å². The Balaban J connectivity index is 1.67. The second-order valence-corrected chi connectivity index (χ2v) is 4.27. The summed E-state index contributed by atoms with van der Waals surface area (Å²) < 4.78 is 10.1. The van der Waals surface area contributed by atoms with E-state index in [9.17, 15) is 9.59 Å². The highest BCUT2D eigenvalue weighted by Gasteiger charge is 2.13. The fourth-order valence-electron chi connectivity index (χ4n) is 1.82. The van der Waals surface area contributed by atoms with Crippen molar-refractivity contribution in [2.24, 2.45) is 0 Å². The van der Waals surface area contributed by atoms with Crippen molar-refractivity contribution in [3.05, 3.63) is 60.2 Å². The number of rotatable bonds is 4. The highest BCUT2D eigenvalue weighted by Crippen LogP contribution is 2.15. The molecule has 0 aliphatic heterocycles. The molecule has 3 rings (SSSR count). The molecule has 0 spiro atoms. The largest absolute Gasteiger partial charge is 0.454 e. The Morgan fingerprint density at radius 1 is 1.10 bits per heavy atom. The molecule has 0 aliphatic rings. The first-order chi connectivity index (χ1) is 10.2. The lowest BCUT2D eigenvalue weighted by atomic mass is 10.2. The van der Waals surface area contributed by atoms with Crippen molar-refractivity contribution in [1.82, 2.24) is 9.97 Å². The average Bonchev–Trinajstić information content (AvgIpc) is 3.00. The molecule has 0 bridgehead atoms. The molecule has 2 heterocycles. The number of ketones is 1. The fourth-order valence-corrected chi connectivity index (χ4v) is 1.82.